The van der Waals surface area contributed by atoms with Crippen LogP contribution in [-0.2, 0) is 16.6 Å². The molecule has 1 aromatic carbocycles. The summed E-state index contributed by atoms with van der Waals surface area (Å²) in [7, 11) is 1.78. The number of aromatic nitrogens is 1. The van der Waals surface area contributed by atoms with E-state index in [0.717, 1.165) is 18.4 Å². The fraction of sp³-hybridized carbons (Fsp3) is 0.476. The van der Waals surface area contributed by atoms with Gasteiger partial charge in [0.2, 0.25) is 5.91 Å². The first-order valence-corrected chi connectivity index (χ1v) is 9.99. The molecule has 2 amide bonds. The second-order valence-corrected chi connectivity index (χ2v) is 8.57. The van der Waals surface area contributed by atoms with Crippen LogP contribution in [0.1, 0.15) is 60.1 Å². The van der Waals surface area contributed by atoms with Crippen LogP contribution in [0.25, 0.3) is 0 Å². The van der Waals surface area contributed by atoms with Gasteiger partial charge in [-0.05, 0) is 44.4 Å². The van der Waals surface area contributed by atoms with Crippen LogP contribution in [0.2, 0.25) is 5.02 Å². The van der Waals surface area contributed by atoms with Crippen molar-refractivity contribution in [3.05, 3.63) is 51.9 Å². The van der Waals surface area contributed by atoms with Gasteiger partial charge in [0.15, 0.2) is 5.76 Å². The van der Waals surface area contributed by atoms with Gasteiger partial charge in [-0.15, -0.1) is 0 Å². The Morgan fingerprint density at radius 2 is 1.96 bits per heavy atom. The number of likely N-dealkylation sites (tertiary alicyclic amines) is 1. The second kappa shape index (κ2) is 6.92. The Hall–Kier alpha value is -2.34. The molecule has 0 N–H and O–H groups in total. The van der Waals surface area contributed by atoms with Gasteiger partial charge in [-0.2, -0.15) is 0 Å². The molecule has 4 rings (SSSR count). The maximum atomic E-state index is 13.5. The van der Waals surface area contributed by atoms with Gasteiger partial charge < -0.3 is 14.3 Å². The minimum atomic E-state index is -0.711. The average Bonchev–Trinajstić information content (AvgIpc) is 3.31. The molecular weight excluding hydrogens is 378 g/mol. The normalized spacial score (nSPS) is 19.9. The van der Waals surface area contributed by atoms with Crippen molar-refractivity contribution in [2.45, 2.75) is 44.6 Å². The van der Waals surface area contributed by atoms with Gasteiger partial charge >= 0.3 is 0 Å². The monoisotopic (exact) mass is 401 g/mol. The molecule has 7 heteroatoms. The van der Waals surface area contributed by atoms with E-state index < -0.39 is 5.41 Å². The molecule has 0 bridgehead atoms. The Morgan fingerprint density at radius 1 is 1.25 bits per heavy atom. The van der Waals surface area contributed by atoms with E-state index in [2.05, 4.69) is 5.16 Å². The lowest BCUT2D eigenvalue weighted by Crippen LogP contribution is -2.43. The number of rotatable bonds is 3. The van der Waals surface area contributed by atoms with Crippen molar-refractivity contribution in [2.75, 3.05) is 20.1 Å². The summed E-state index contributed by atoms with van der Waals surface area (Å²) in [5.74, 6) is 0.578. The zero-order valence-electron chi connectivity index (χ0n) is 16.4. The average molecular weight is 402 g/mol. The summed E-state index contributed by atoms with van der Waals surface area (Å²) < 4.78 is 5.48. The van der Waals surface area contributed by atoms with Crippen molar-refractivity contribution >= 4 is 23.4 Å². The lowest BCUT2D eigenvalue weighted by molar-refractivity contribution is -0.137. The van der Waals surface area contributed by atoms with E-state index in [1.807, 2.05) is 30.9 Å². The smallest absolute Gasteiger partial charge is 0.259 e. The number of nitrogens with zero attached hydrogens (tertiary/aromatic N) is 3. The predicted octanol–water partition coefficient (Wildman–Crippen LogP) is 3.60. The third-order valence-electron chi connectivity index (χ3n) is 5.95. The molecule has 2 aliphatic rings. The molecule has 28 heavy (non-hydrogen) atoms. The van der Waals surface area contributed by atoms with Crippen molar-refractivity contribution < 1.29 is 14.1 Å². The third-order valence-corrected chi connectivity index (χ3v) is 6.21. The quantitative estimate of drug-likeness (QED) is 0.788. The summed E-state index contributed by atoms with van der Waals surface area (Å²) in [5, 5.41) is 4.87. The van der Waals surface area contributed by atoms with Crippen molar-refractivity contribution in [1.82, 2.24) is 15.0 Å². The number of hydrogen-bond acceptors (Lipinski definition) is 4. The molecule has 1 aromatic heterocycles. The number of hydrogen-bond donors (Lipinski definition) is 0. The number of carbonyl (C=O) groups is 2. The van der Waals surface area contributed by atoms with Crippen LogP contribution in [0.15, 0.2) is 28.8 Å². The molecule has 0 spiro atoms. The number of carbonyl (C=O) groups excluding carboxylic acids is 2. The molecule has 0 aliphatic carbocycles. The molecule has 1 saturated heterocycles. The topological polar surface area (TPSA) is 66.7 Å². The second-order valence-electron chi connectivity index (χ2n) is 8.13. The van der Waals surface area contributed by atoms with Crippen LogP contribution in [0.5, 0.6) is 0 Å². The fourth-order valence-corrected chi connectivity index (χ4v) is 4.30. The molecular formula is C21H24ClN3O3. The maximum absolute atomic E-state index is 13.5. The zero-order chi connectivity index (χ0) is 20.1. The molecule has 3 heterocycles. The minimum Gasteiger partial charge on any atom is -0.360 e. The van der Waals surface area contributed by atoms with E-state index in [-0.39, 0.29) is 17.9 Å². The number of benzene rings is 1. The Labute approximate surface area is 169 Å². The lowest BCUT2D eigenvalue weighted by Gasteiger charge is -2.33. The van der Waals surface area contributed by atoms with Crippen LogP contribution < -0.4 is 0 Å². The summed E-state index contributed by atoms with van der Waals surface area (Å²) in [6.45, 7) is 5.11. The van der Waals surface area contributed by atoms with Crippen LogP contribution in [0.4, 0.5) is 0 Å². The number of likely N-dealkylation sites (N-methyl/N-ethyl adjacent to an activating group) is 1. The minimum absolute atomic E-state index is 0.0192. The first-order valence-electron chi connectivity index (χ1n) is 9.61. The fourth-order valence-electron chi connectivity index (χ4n) is 4.17. The van der Waals surface area contributed by atoms with Crippen LogP contribution in [0.3, 0.4) is 0 Å². The first kappa shape index (κ1) is 19.0. The molecule has 0 saturated carbocycles. The van der Waals surface area contributed by atoms with Gasteiger partial charge in [0.1, 0.15) is 11.3 Å². The molecule has 2 aromatic rings. The highest BCUT2D eigenvalue weighted by Crippen LogP contribution is 2.39. The number of fused-ring (bicyclic) bond motifs is 1. The first-order chi connectivity index (χ1) is 13.3. The summed E-state index contributed by atoms with van der Waals surface area (Å²) in [4.78, 5) is 29.7. The Kier molecular flexibility index (Phi) is 4.70. The third kappa shape index (κ3) is 3.00. The van der Waals surface area contributed by atoms with E-state index in [4.69, 9.17) is 16.1 Å². The Morgan fingerprint density at radius 3 is 2.68 bits per heavy atom. The van der Waals surface area contributed by atoms with Crippen LogP contribution in [0, 0.1) is 0 Å². The van der Waals surface area contributed by atoms with E-state index in [1.165, 1.54) is 0 Å². The van der Waals surface area contributed by atoms with E-state index in [9.17, 15) is 9.59 Å². The van der Waals surface area contributed by atoms with E-state index >= 15 is 0 Å². The highest BCUT2D eigenvalue weighted by molar-refractivity contribution is 6.30. The SMILES string of the molecule is CN1CCc2onc(C3CCCN3C(=O)C(C)(C)c3ccc(Cl)cc3)c2C1=O. The van der Waals surface area contributed by atoms with E-state index in [0.29, 0.717) is 41.6 Å². The van der Waals surface area contributed by atoms with Gasteiger partial charge in [-0.25, -0.2) is 0 Å². The molecule has 1 fully saturated rings. The predicted molar refractivity (Wildman–Crippen MR) is 105 cm³/mol. The van der Waals surface area contributed by atoms with Crippen LogP contribution in [-0.4, -0.2) is 46.9 Å². The summed E-state index contributed by atoms with van der Waals surface area (Å²) in [6.07, 6.45) is 2.30. The summed E-state index contributed by atoms with van der Waals surface area (Å²) in [5.41, 5.74) is 1.34. The van der Waals surface area contributed by atoms with Crippen molar-refractivity contribution in [3.8, 4) is 0 Å². The van der Waals surface area contributed by atoms with Crippen molar-refractivity contribution in [2.24, 2.45) is 0 Å². The van der Waals surface area contributed by atoms with Crippen molar-refractivity contribution in [3.63, 3.8) is 0 Å². The highest BCUT2D eigenvalue weighted by atomic mass is 35.5. The summed E-state index contributed by atoms with van der Waals surface area (Å²) in [6, 6.07) is 7.15. The van der Waals surface area contributed by atoms with Crippen LogP contribution >= 0.6 is 11.6 Å². The van der Waals surface area contributed by atoms with E-state index in [1.54, 1.807) is 24.1 Å². The lowest BCUT2D eigenvalue weighted by atomic mass is 9.83. The molecule has 0 radical (unpaired) electrons. The Bertz CT molecular complexity index is 919. The van der Waals surface area contributed by atoms with Gasteiger partial charge in [0.05, 0.1) is 11.5 Å². The Balaban J connectivity index is 1.66. The van der Waals surface area contributed by atoms with Gasteiger partial charge in [0.25, 0.3) is 5.91 Å². The van der Waals surface area contributed by atoms with Gasteiger partial charge in [-0.3, -0.25) is 9.59 Å². The zero-order valence-corrected chi connectivity index (χ0v) is 17.1. The molecule has 2 aliphatic heterocycles. The standard InChI is InChI=1S/C21H24ClN3O3/c1-21(2,13-6-8-14(22)9-7-13)20(27)25-11-4-5-15(25)18-17-16(28-23-18)10-12-24(3)19(17)26/h6-9,15H,4-5,10-12H2,1-3H3. The van der Waals surface area contributed by atoms with Gasteiger partial charge in [-0.1, -0.05) is 28.9 Å². The largest absolute Gasteiger partial charge is 0.360 e. The summed E-state index contributed by atoms with van der Waals surface area (Å²) >= 11 is 6.00. The molecule has 148 valence electrons. The number of amides is 2. The van der Waals surface area contributed by atoms with Gasteiger partial charge in [0, 0.05) is 31.6 Å². The number of halogens is 1. The molecule has 1 atom stereocenters. The highest BCUT2D eigenvalue weighted by Gasteiger charge is 2.43. The maximum Gasteiger partial charge on any atom is 0.259 e. The van der Waals surface area contributed by atoms with Crippen molar-refractivity contribution in [1.29, 1.82) is 0 Å². The molecule has 6 nitrogen and oxygen atoms in total. The molecule has 1 unspecified atom stereocenters.